The van der Waals surface area contributed by atoms with Crippen LogP contribution < -0.4 is 0 Å². The highest BCUT2D eigenvalue weighted by atomic mass is 16.5. The smallest absolute Gasteiger partial charge is 0.340 e. The molecular formula is C15H19NO5. The minimum absolute atomic E-state index is 0.0205. The highest BCUT2D eigenvalue weighted by molar-refractivity contribution is 6.05. The summed E-state index contributed by atoms with van der Waals surface area (Å²) in [7, 11) is 1.23. The number of ether oxygens (including phenoxy) is 2. The number of methoxy groups -OCH3 is 1. The maximum absolute atomic E-state index is 12.3. The van der Waals surface area contributed by atoms with E-state index in [1.54, 1.807) is 19.9 Å². The summed E-state index contributed by atoms with van der Waals surface area (Å²) in [4.78, 5) is 39.6. The Morgan fingerprint density at radius 3 is 2.57 bits per heavy atom. The Morgan fingerprint density at radius 1 is 1.29 bits per heavy atom. The quantitative estimate of drug-likeness (QED) is 0.565. The number of nitrogens with zero attached hydrogens (tertiary/aromatic N) is 1. The van der Waals surface area contributed by atoms with Gasteiger partial charge in [0.25, 0.3) is 0 Å². The van der Waals surface area contributed by atoms with Gasteiger partial charge in [-0.1, -0.05) is 6.92 Å². The summed E-state index contributed by atoms with van der Waals surface area (Å²) in [6, 6.07) is 3.02. The molecule has 21 heavy (non-hydrogen) atoms. The molecule has 114 valence electrons. The van der Waals surface area contributed by atoms with E-state index in [-0.39, 0.29) is 30.1 Å². The van der Waals surface area contributed by atoms with Gasteiger partial charge < -0.3 is 9.47 Å². The van der Waals surface area contributed by atoms with Crippen molar-refractivity contribution >= 4 is 17.7 Å². The highest BCUT2D eigenvalue weighted by Gasteiger charge is 2.25. The second-order valence-electron chi connectivity index (χ2n) is 4.38. The average molecular weight is 293 g/mol. The second kappa shape index (κ2) is 8.14. The Morgan fingerprint density at radius 2 is 2.00 bits per heavy atom. The Kier molecular flexibility index (Phi) is 6.52. The van der Waals surface area contributed by atoms with Gasteiger partial charge in [0.05, 0.1) is 25.2 Å². The number of carbonyl (C=O) groups excluding carboxylic acids is 3. The van der Waals surface area contributed by atoms with Crippen LogP contribution in [0.3, 0.4) is 0 Å². The normalized spacial score (nSPS) is 11.6. The van der Waals surface area contributed by atoms with Crippen LogP contribution in [0.5, 0.6) is 0 Å². The van der Waals surface area contributed by atoms with Crippen molar-refractivity contribution in [2.45, 2.75) is 26.7 Å². The predicted octanol–water partition coefficient (Wildman–Crippen LogP) is 2.03. The molecule has 1 aromatic rings. The SMILES string of the molecule is CCOC(=O)C(CC)CC(=O)c1ncccc1C(=O)OC. The molecule has 1 rings (SSSR count). The lowest BCUT2D eigenvalue weighted by atomic mass is 9.96. The molecular weight excluding hydrogens is 274 g/mol. The van der Waals surface area contributed by atoms with Crippen molar-refractivity contribution in [3.05, 3.63) is 29.6 Å². The minimum atomic E-state index is -0.629. The van der Waals surface area contributed by atoms with Gasteiger partial charge in [0, 0.05) is 12.6 Å². The number of hydrogen-bond acceptors (Lipinski definition) is 6. The number of pyridine rings is 1. The third kappa shape index (κ3) is 4.37. The summed E-state index contributed by atoms with van der Waals surface area (Å²) in [6.07, 6.45) is 1.85. The first-order chi connectivity index (χ1) is 10.0. The van der Waals surface area contributed by atoms with Crippen molar-refractivity contribution in [3.8, 4) is 0 Å². The molecule has 0 radical (unpaired) electrons. The minimum Gasteiger partial charge on any atom is -0.466 e. The third-order valence-corrected chi connectivity index (χ3v) is 3.02. The molecule has 1 aromatic heterocycles. The van der Waals surface area contributed by atoms with Crippen molar-refractivity contribution in [3.63, 3.8) is 0 Å². The number of esters is 2. The number of aromatic nitrogens is 1. The molecule has 6 heteroatoms. The molecule has 0 amide bonds. The molecule has 1 atom stereocenters. The Bertz CT molecular complexity index is 527. The molecule has 1 unspecified atom stereocenters. The largest absolute Gasteiger partial charge is 0.466 e. The number of rotatable bonds is 7. The van der Waals surface area contributed by atoms with Gasteiger partial charge in [0.1, 0.15) is 5.69 Å². The zero-order valence-corrected chi connectivity index (χ0v) is 12.4. The van der Waals surface area contributed by atoms with Crippen LogP contribution in [0.4, 0.5) is 0 Å². The van der Waals surface area contributed by atoms with Crippen LogP contribution in [0.15, 0.2) is 18.3 Å². The fraction of sp³-hybridized carbons (Fsp3) is 0.467. The van der Waals surface area contributed by atoms with Gasteiger partial charge in [-0.15, -0.1) is 0 Å². The summed E-state index contributed by atoms with van der Waals surface area (Å²) in [5.41, 5.74) is 0.121. The average Bonchev–Trinajstić information content (AvgIpc) is 2.51. The van der Waals surface area contributed by atoms with Gasteiger partial charge in [-0.05, 0) is 25.5 Å². The Balaban J connectivity index is 2.93. The van der Waals surface area contributed by atoms with E-state index in [1.165, 1.54) is 19.4 Å². The Hall–Kier alpha value is -2.24. The van der Waals surface area contributed by atoms with E-state index >= 15 is 0 Å². The summed E-state index contributed by atoms with van der Waals surface area (Å²) in [5.74, 6) is -1.96. The number of hydrogen-bond donors (Lipinski definition) is 0. The van der Waals surface area contributed by atoms with E-state index in [9.17, 15) is 14.4 Å². The van der Waals surface area contributed by atoms with Gasteiger partial charge in [0.2, 0.25) is 0 Å². The molecule has 0 fully saturated rings. The highest BCUT2D eigenvalue weighted by Crippen LogP contribution is 2.17. The predicted molar refractivity (Wildman–Crippen MR) is 74.9 cm³/mol. The maximum atomic E-state index is 12.3. The van der Waals surface area contributed by atoms with Crippen molar-refractivity contribution in [2.75, 3.05) is 13.7 Å². The lowest BCUT2D eigenvalue weighted by Crippen LogP contribution is -2.22. The van der Waals surface area contributed by atoms with Gasteiger partial charge in [-0.2, -0.15) is 0 Å². The first-order valence-corrected chi connectivity index (χ1v) is 6.78. The second-order valence-corrected chi connectivity index (χ2v) is 4.38. The van der Waals surface area contributed by atoms with E-state index < -0.39 is 17.9 Å². The topological polar surface area (TPSA) is 82.6 Å². The van der Waals surface area contributed by atoms with Crippen LogP contribution in [-0.4, -0.2) is 36.4 Å². The van der Waals surface area contributed by atoms with Crippen LogP contribution >= 0.6 is 0 Å². The monoisotopic (exact) mass is 293 g/mol. The number of Topliss-reactive ketones (excluding diaryl/α,β-unsaturated/α-hetero) is 1. The summed E-state index contributed by atoms with van der Waals surface area (Å²) in [6.45, 7) is 3.77. The fourth-order valence-corrected chi connectivity index (χ4v) is 1.88. The van der Waals surface area contributed by atoms with E-state index in [0.717, 1.165) is 0 Å². The molecule has 0 bridgehead atoms. The van der Waals surface area contributed by atoms with Crippen LogP contribution in [0.25, 0.3) is 0 Å². The molecule has 0 aliphatic carbocycles. The molecule has 0 saturated heterocycles. The zero-order chi connectivity index (χ0) is 15.8. The van der Waals surface area contributed by atoms with Crippen LogP contribution in [0, 0.1) is 5.92 Å². The van der Waals surface area contributed by atoms with Gasteiger partial charge in [-0.3, -0.25) is 14.6 Å². The van der Waals surface area contributed by atoms with Gasteiger partial charge in [0.15, 0.2) is 5.78 Å². The fourth-order valence-electron chi connectivity index (χ4n) is 1.88. The molecule has 0 spiro atoms. The van der Waals surface area contributed by atoms with Crippen molar-refractivity contribution in [1.82, 2.24) is 4.98 Å². The summed E-state index contributed by atoms with van der Waals surface area (Å²) < 4.78 is 9.55. The van der Waals surface area contributed by atoms with E-state index in [1.807, 2.05) is 0 Å². The van der Waals surface area contributed by atoms with Crippen LogP contribution in [0.1, 0.15) is 47.5 Å². The van der Waals surface area contributed by atoms with Gasteiger partial charge >= 0.3 is 11.9 Å². The molecule has 6 nitrogen and oxygen atoms in total. The molecule has 0 aliphatic heterocycles. The zero-order valence-electron chi connectivity index (χ0n) is 12.4. The standard InChI is InChI=1S/C15H19NO5/c1-4-10(14(18)21-5-2)9-12(17)13-11(15(19)20-3)7-6-8-16-13/h6-8,10H,4-5,9H2,1-3H3. The molecule has 0 aliphatic rings. The Labute approximate surface area is 123 Å². The van der Waals surface area contributed by atoms with Crippen molar-refractivity contribution in [1.29, 1.82) is 0 Å². The first-order valence-electron chi connectivity index (χ1n) is 6.78. The first kappa shape index (κ1) is 16.8. The van der Waals surface area contributed by atoms with Crippen LogP contribution in [-0.2, 0) is 14.3 Å². The molecule has 0 N–H and O–H groups in total. The van der Waals surface area contributed by atoms with E-state index in [4.69, 9.17) is 4.74 Å². The summed E-state index contributed by atoms with van der Waals surface area (Å²) >= 11 is 0. The summed E-state index contributed by atoms with van der Waals surface area (Å²) in [5, 5.41) is 0. The molecule has 0 saturated carbocycles. The maximum Gasteiger partial charge on any atom is 0.340 e. The molecule has 0 aromatic carbocycles. The lowest BCUT2D eigenvalue weighted by molar-refractivity contribution is -0.148. The third-order valence-electron chi connectivity index (χ3n) is 3.02. The van der Waals surface area contributed by atoms with Crippen LogP contribution in [0.2, 0.25) is 0 Å². The number of carbonyl (C=O) groups is 3. The molecule has 1 heterocycles. The van der Waals surface area contributed by atoms with E-state index in [2.05, 4.69) is 9.72 Å². The van der Waals surface area contributed by atoms with E-state index in [0.29, 0.717) is 6.42 Å². The van der Waals surface area contributed by atoms with Crippen molar-refractivity contribution < 1.29 is 23.9 Å². The van der Waals surface area contributed by atoms with Gasteiger partial charge in [-0.25, -0.2) is 4.79 Å². The lowest BCUT2D eigenvalue weighted by Gasteiger charge is -2.13. The number of ketones is 1. The van der Waals surface area contributed by atoms with Crippen molar-refractivity contribution in [2.24, 2.45) is 5.92 Å².